The smallest absolute Gasteiger partial charge is 0.287 e. The number of hydrogen-bond acceptors (Lipinski definition) is 3. The van der Waals surface area contributed by atoms with Gasteiger partial charge in [-0.15, -0.1) is 0 Å². The summed E-state index contributed by atoms with van der Waals surface area (Å²) < 4.78 is 15.0. The number of imidazole rings is 1. The first-order chi connectivity index (χ1) is 12.6. The minimum atomic E-state index is -0.310. The molecule has 1 aromatic carbocycles. The van der Waals surface area contributed by atoms with E-state index in [1.54, 1.807) is 22.7 Å². The van der Waals surface area contributed by atoms with Crippen molar-refractivity contribution in [3.8, 4) is 11.3 Å². The summed E-state index contributed by atoms with van der Waals surface area (Å²) >= 11 is 0. The van der Waals surface area contributed by atoms with E-state index in [1.165, 1.54) is 12.1 Å². The van der Waals surface area contributed by atoms with E-state index < -0.39 is 0 Å². The third-order valence-electron chi connectivity index (χ3n) is 4.90. The number of fused-ring (bicyclic) bond motifs is 1. The Hall–Kier alpha value is -2.73. The predicted octanol–water partition coefficient (Wildman–Crippen LogP) is 3.17. The monoisotopic (exact) mass is 353 g/mol. The number of nitrogens with zero attached hydrogens (tertiary/aromatic N) is 2. The zero-order valence-corrected chi connectivity index (χ0v) is 14.2. The second kappa shape index (κ2) is 6.88. The molecule has 1 aliphatic carbocycles. The third-order valence-corrected chi connectivity index (χ3v) is 4.90. The van der Waals surface area contributed by atoms with Gasteiger partial charge in [0.05, 0.1) is 17.3 Å². The van der Waals surface area contributed by atoms with Crippen LogP contribution in [0.5, 0.6) is 0 Å². The van der Waals surface area contributed by atoms with Gasteiger partial charge in [0.1, 0.15) is 5.82 Å². The molecule has 0 saturated heterocycles. The van der Waals surface area contributed by atoms with Crippen LogP contribution in [0.4, 0.5) is 4.39 Å². The molecule has 0 atom stereocenters. The number of nitrogens with one attached hydrogen (secondary N) is 1. The molecule has 1 aliphatic rings. The number of halogens is 1. The van der Waals surface area contributed by atoms with E-state index in [4.69, 9.17) is 0 Å². The quantitative estimate of drug-likeness (QED) is 0.760. The molecular weight excluding hydrogens is 333 g/mol. The summed E-state index contributed by atoms with van der Waals surface area (Å²) in [4.78, 5) is 17.3. The molecule has 2 N–H and O–H groups in total. The van der Waals surface area contributed by atoms with Crippen LogP contribution in [-0.2, 0) is 0 Å². The van der Waals surface area contributed by atoms with Crippen molar-refractivity contribution in [3.05, 3.63) is 60.3 Å². The van der Waals surface area contributed by atoms with Crippen LogP contribution in [-0.4, -0.2) is 32.5 Å². The van der Waals surface area contributed by atoms with Crippen LogP contribution >= 0.6 is 0 Å². The molecule has 134 valence electrons. The van der Waals surface area contributed by atoms with Crippen LogP contribution in [0, 0.1) is 5.82 Å². The molecule has 0 bridgehead atoms. The summed E-state index contributed by atoms with van der Waals surface area (Å²) in [5.74, 6) is -0.235. The highest BCUT2D eigenvalue weighted by atomic mass is 19.1. The third kappa shape index (κ3) is 3.20. The molecule has 1 fully saturated rings. The van der Waals surface area contributed by atoms with Gasteiger partial charge in [0.2, 0.25) is 5.82 Å². The van der Waals surface area contributed by atoms with E-state index in [9.17, 15) is 14.3 Å². The Morgan fingerprint density at radius 3 is 2.58 bits per heavy atom. The van der Waals surface area contributed by atoms with Crippen LogP contribution in [0.2, 0.25) is 0 Å². The first-order valence-electron chi connectivity index (χ1n) is 8.84. The lowest BCUT2D eigenvalue weighted by Gasteiger charge is -2.25. The average molecular weight is 353 g/mol. The first kappa shape index (κ1) is 16.7. The summed E-state index contributed by atoms with van der Waals surface area (Å²) in [5.41, 5.74) is 2.20. The lowest BCUT2D eigenvalue weighted by Crippen LogP contribution is -2.39. The van der Waals surface area contributed by atoms with Crippen molar-refractivity contribution < 1.29 is 14.3 Å². The van der Waals surface area contributed by atoms with Gasteiger partial charge in [0.25, 0.3) is 5.91 Å². The fourth-order valence-corrected chi connectivity index (χ4v) is 3.49. The number of hydrogen-bond donors (Lipinski definition) is 2. The molecule has 0 aliphatic heterocycles. The Balaban J connectivity index is 1.67. The SMILES string of the molecule is O=C(NC1CCC(O)CC1)c1nc(-c2ccc(F)cc2)c2ccccn12. The molecule has 0 radical (unpaired) electrons. The predicted molar refractivity (Wildman–Crippen MR) is 96.3 cm³/mol. The largest absolute Gasteiger partial charge is 0.393 e. The Bertz CT molecular complexity index is 928. The van der Waals surface area contributed by atoms with Gasteiger partial charge in [0, 0.05) is 17.8 Å². The minimum absolute atomic E-state index is 0.0521. The Kier molecular flexibility index (Phi) is 4.42. The van der Waals surface area contributed by atoms with Crippen molar-refractivity contribution in [1.82, 2.24) is 14.7 Å². The van der Waals surface area contributed by atoms with Crippen LogP contribution in [0.15, 0.2) is 48.7 Å². The maximum Gasteiger partial charge on any atom is 0.287 e. The zero-order chi connectivity index (χ0) is 18.1. The van der Waals surface area contributed by atoms with Crippen LogP contribution in [0.25, 0.3) is 16.8 Å². The van der Waals surface area contributed by atoms with E-state index in [2.05, 4.69) is 10.3 Å². The van der Waals surface area contributed by atoms with E-state index in [1.807, 2.05) is 18.2 Å². The Labute approximate surface area is 150 Å². The fourth-order valence-electron chi connectivity index (χ4n) is 3.49. The van der Waals surface area contributed by atoms with Gasteiger partial charge in [-0.1, -0.05) is 6.07 Å². The highest BCUT2D eigenvalue weighted by molar-refractivity contribution is 5.94. The molecule has 4 rings (SSSR count). The lowest BCUT2D eigenvalue weighted by atomic mass is 9.93. The van der Waals surface area contributed by atoms with Gasteiger partial charge in [-0.05, 0) is 62.1 Å². The van der Waals surface area contributed by atoms with Gasteiger partial charge in [-0.3, -0.25) is 9.20 Å². The second-order valence-electron chi connectivity index (χ2n) is 6.73. The lowest BCUT2D eigenvalue weighted by molar-refractivity contribution is 0.0858. The average Bonchev–Trinajstić information content (AvgIpc) is 3.04. The zero-order valence-electron chi connectivity index (χ0n) is 14.2. The number of pyridine rings is 1. The number of carbonyl (C=O) groups is 1. The maximum atomic E-state index is 13.2. The number of rotatable bonds is 3. The van der Waals surface area contributed by atoms with E-state index in [0.29, 0.717) is 24.4 Å². The molecule has 26 heavy (non-hydrogen) atoms. The first-order valence-corrected chi connectivity index (χ1v) is 8.84. The van der Waals surface area contributed by atoms with Crippen molar-refractivity contribution in [2.75, 3.05) is 0 Å². The highest BCUT2D eigenvalue weighted by Gasteiger charge is 2.24. The summed E-state index contributed by atoms with van der Waals surface area (Å²) in [6, 6.07) is 11.8. The molecule has 3 aromatic rings. The molecule has 6 heteroatoms. The van der Waals surface area contributed by atoms with Gasteiger partial charge in [0.15, 0.2) is 0 Å². The van der Waals surface area contributed by atoms with Crippen molar-refractivity contribution in [1.29, 1.82) is 0 Å². The van der Waals surface area contributed by atoms with Crippen molar-refractivity contribution in [2.24, 2.45) is 0 Å². The maximum absolute atomic E-state index is 13.2. The summed E-state index contributed by atoms with van der Waals surface area (Å²) in [6.07, 6.45) is 4.47. The van der Waals surface area contributed by atoms with Crippen LogP contribution in [0.3, 0.4) is 0 Å². The molecule has 2 heterocycles. The van der Waals surface area contributed by atoms with E-state index in [0.717, 1.165) is 23.9 Å². The summed E-state index contributed by atoms with van der Waals surface area (Å²) in [5, 5.41) is 12.6. The molecule has 1 saturated carbocycles. The van der Waals surface area contributed by atoms with E-state index >= 15 is 0 Å². The van der Waals surface area contributed by atoms with Gasteiger partial charge in [-0.25, -0.2) is 9.37 Å². The standard InChI is InChI=1S/C20H20FN3O2/c21-14-6-4-13(5-7-14)18-17-3-1-2-12-24(17)19(23-18)20(26)22-15-8-10-16(25)11-9-15/h1-7,12,15-16,25H,8-11H2,(H,22,26). The van der Waals surface area contributed by atoms with Crippen LogP contribution in [0.1, 0.15) is 36.3 Å². The number of amides is 1. The Morgan fingerprint density at radius 2 is 1.85 bits per heavy atom. The molecule has 0 unspecified atom stereocenters. The number of aromatic nitrogens is 2. The van der Waals surface area contributed by atoms with Crippen molar-refractivity contribution in [3.63, 3.8) is 0 Å². The minimum Gasteiger partial charge on any atom is -0.393 e. The number of carbonyl (C=O) groups excluding carboxylic acids is 1. The molecule has 5 nitrogen and oxygen atoms in total. The molecule has 2 aromatic heterocycles. The van der Waals surface area contributed by atoms with Crippen LogP contribution < -0.4 is 5.32 Å². The van der Waals surface area contributed by atoms with Crippen molar-refractivity contribution >= 4 is 11.4 Å². The number of benzene rings is 1. The topological polar surface area (TPSA) is 66.6 Å². The number of aliphatic hydroxyl groups excluding tert-OH is 1. The van der Waals surface area contributed by atoms with Gasteiger partial charge >= 0.3 is 0 Å². The fraction of sp³-hybridized carbons (Fsp3) is 0.300. The van der Waals surface area contributed by atoms with Gasteiger partial charge < -0.3 is 10.4 Å². The second-order valence-corrected chi connectivity index (χ2v) is 6.73. The van der Waals surface area contributed by atoms with Gasteiger partial charge in [-0.2, -0.15) is 0 Å². The normalized spacial score (nSPS) is 20.2. The molecule has 1 amide bonds. The van der Waals surface area contributed by atoms with Crippen molar-refractivity contribution in [2.45, 2.75) is 37.8 Å². The molecule has 0 spiro atoms. The Morgan fingerprint density at radius 1 is 1.12 bits per heavy atom. The summed E-state index contributed by atoms with van der Waals surface area (Å²) in [6.45, 7) is 0. The van der Waals surface area contributed by atoms with E-state index in [-0.39, 0.29) is 23.9 Å². The highest BCUT2D eigenvalue weighted by Crippen LogP contribution is 2.25. The molecular formula is C20H20FN3O2. The number of aliphatic hydroxyl groups is 1. The summed E-state index contributed by atoms with van der Waals surface area (Å²) in [7, 11) is 0.